The number of rotatable bonds is 2. The van der Waals surface area contributed by atoms with Crippen molar-refractivity contribution in [2.24, 2.45) is 0 Å². The summed E-state index contributed by atoms with van der Waals surface area (Å²) in [6.07, 6.45) is -2.59. The minimum absolute atomic E-state index is 0.0639. The molecule has 2 aliphatic rings. The minimum atomic E-state index is -4.87. The first-order valence-electron chi connectivity index (χ1n) is 8.75. The summed E-state index contributed by atoms with van der Waals surface area (Å²) in [7, 11) is 0. The molecule has 30 heavy (non-hydrogen) atoms. The number of halogens is 4. The van der Waals surface area contributed by atoms with E-state index in [0.717, 1.165) is 17.2 Å². The van der Waals surface area contributed by atoms with Gasteiger partial charge < -0.3 is 10.0 Å². The number of carbonyl (C=O) groups is 1. The second kappa shape index (κ2) is 6.63. The number of phenols is 1. The van der Waals surface area contributed by atoms with Gasteiger partial charge in [0.15, 0.2) is 16.6 Å². The van der Waals surface area contributed by atoms with Gasteiger partial charge in [0.1, 0.15) is 17.4 Å². The fourth-order valence-electron chi connectivity index (χ4n) is 3.74. The number of carbonyl (C=O) groups excluding carboxylic acids is 1. The van der Waals surface area contributed by atoms with Gasteiger partial charge >= 0.3 is 6.18 Å². The summed E-state index contributed by atoms with van der Waals surface area (Å²) in [6, 6.07) is 5.36. The zero-order valence-corrected chi connectivity index (χ0v) is 15.9. The largest absolute Gasteiger partial charge is 0.508 e. The number of benzene rings is 1. The highest BCUT2D eigenvalue weighted by molar-refractivity contribution is 7.81. The van der Waals surface area contributed by atoms with E-state index in [9.17, 15) is 27.5 Å². The van der Waals surface area contributed by atoms with E-state index < -0.39 is 34.7 Å². The number of thiocarbonyl (C=S) groups is 1. The number of hydrogen-bond donors (Lipinski definition) is 1. The molecule has 0 atom stereocenters. The van der Waals surface area contributed by atoms with Gasteiger partial charge in [-0.25, -0.2) is 9.37 Å². The average molecular weight is 436 g/mol. The fourth-order valence-corrected chi connectivity index (χ4v) is 4.20. The van der Waals surface area contributed by atoms with Gasteiger partial charge in [0.25, 0.3) is 5.91 Å². The zero-order valence-electron chi connectivity index (χ0n) is 15.1. The summed E-state index contributed by atoms with van der Waals surface area (Å²) >= 11 is 5.37. The highest BCUT2D eigenvalue weighted by atomic mass is 32.1. The summed E-state index contributed by atoms with van der Waals surface area (Å²) in [5, 5.41) is 18.2. The third kappa shape index (κ3) is 2.79. The van der Waals surface area contributed by atoms with Crippen LogP contribution in [0.15, 0.2) is 30.5 Å². The van der Waals surface area contributed by atoms with E-state index in [-0.39, 0.29) is 22.2 Å². The molecule has 0 radical (unpaired) electrons. The van der Waals surface area contributed by atoms with Gasteiger partial charge in [-0.1, -0.05) is 0 Å². The van der Waals surface area contributed by atoms with Crippen LogP contribution in [0.4, 0.5) is 28.9 Å². The van der Waals surface area contributed by atoms with Crippen LogP contribution >= 0.6 is 12.2 Å². The number of aromatic hydroxyl groups is 1. The van der Waals surface area contributed by atoms with E-state index in [0.29, 0.717) is 25.3 Å². The van der Waals surface area contributed by atoms with Gasteiger partial charge in [-0.15, -0.1) is 0 Å². The summed E-state index contributed by atoms with van der Waals surface area (Å²) in [5.74, 6) is -1.74. The maximum atomic E-state index is 14.6. The zero-order chi connectivity index (χ0) is 21.8. The molecule has 1 aromatic carbocycles. The minimum Gasteiger partial charge on any atom is -0.508 e. The first-order chi connectivity index (χ1) is 14.1. The van der Waals surface area contributed by atoms with Crippen molar-refractivity contribution >= 4 is 34.6 Å². The molecule has 154 valence electrons. The maximum Gasteiger partial charge on any atom is 0.419 e. The molecule has 0 unspecified atom stereocenters. The molecule has 1 saturated heterocycles. The van der Waals surface area contributed by atoms with Gasteiger partial charge in [0.05, 0.1) is 23.1 Å². The van der Waals surface area contributed by atoms with Crippen molar-refractivity contribution in [1.29, 1.82) is 5.26 Å². The van der Waals surface area contributed by atoms with Crippen LogP contribution in [0.1, 0.15) is 30.5 Å². The number of anilines is 2. The third-order valence-electron chi connectivity index (χ3n) is 5.31. The van der Waals surface area contributed by atoms with E-state index in [1.54, 1.807) is 0 Å². The number of nitrogens with zero attached hydrogens (tertiary/aromatic N) is 4. The highest BCUT2D eigenvalue weighted by Gasteiger charge is 2.60. The lowest BCUT2D eigenvalue weighted by Crippen LogP contribution is -2.55. The monoisotopic (exact) mass is 436 g/mol. The molecular weight excluding hydrogens is 424 g/mol. The van der Waals surface area contributed by atoms with Crippen LogP contribution < -0.4 is 9.80 Å². The van der Waals surface area contributed by atoms with Crippen molar-refractivity contribution in [3.63, 3.8) is 0 Å². The van der Waals surface area contributed by atoms with E-state index in [4.69, 9.17) is 17.5 Å². The van der Waals surface area contributed by atoms with Crippen LogP contribution in [0.2, 0.25) is 0 Å². The number of alkyl halides is 3. The molecule has 11 heteroatoms. The van der Waals surface area contributed by atoms with Gasteiger partial charge in [-0.05, 0) is 49.7 Å². The Labute approximate surface area is 173 Å². The van der Waals surface area contributed by atoms with Crippen molar-refractivity contribution in [3.05, 3.63) is 47.5 Å². The Morgan fingerprint density at radius 2 is 1.97 bits per heavy atom. The van der Waals surface area contributed by atoms with Crippen molar-refractivity contribution in [1.82, 2.24) is 4.98 Å². The van der Waals surface area contributed by atoms with E-state index in [1.165, 1.54) is 23.1 Å². The Hall–Kier alpha value is -3.26. The predicted octanol–water partition coefficient (Wildman–Crippen LogP) is 3.88. The lowest BCUT2D eigenvalue weighted by Gasteiger charge is -2.43. The van der Waals surface area contributed by atoms with Gasteiger partial charge in [0.2, 0.25) is 0 Å². The molecule has 1 aromatic heterocycles. The Morgan fingerprint density at radius 1 is 1.27 bits per heavy atom. The summed E-state index contributed by atoms with van der Waals surface area (Å²) in [6.45, 7) is 0. The molecular formula is C19H12F4N4O2S. The van der Waals surface area contributed by atoms with E-state index >= 15 is 0 Å². The first-order valence-corrected chi connectivity index (χ1v) is 9.15. The lowest BCUT2D eigenvalue weighted by molar-refractivity contribution is -0.138. The van der Waals surface area contributed by atoms with Gasteiger partial charge in [-0.3, -0.25) is 9.69 Å². The fraction of sp³-hybridized carbons (Fsp3) is 0.263. The molecule has 2 aromatic rings. The van der Waals surface area contributed by atoms with Crippen molar-refractivity contribution < 1.29 is 27.5 Å². The Bertz CT molecular complexity index is 1120. The standard InChI is InChI=1S/C19H12F4N4O2S/c20-13-7-11(28)2-3-15(13)27-17(30)26(16(29)18(27)4-1-5-18)10-6-12(19(21,22)23)14(8-24)25-9-10/h2-3,6-7,9,28H,1,4-5H2. The normalized spacial score (nSPS) is 18.0. The van der Waals surface area contributed by atoms with Crippen LogP contribution in [0, 0.1) is 17.1 Å². The van der Waals surface area contributed by atoms with Crippen LogP contribution in [-0.2, 0) is 11.0 Å². The number of nitriles is 1. The van der Waals surface area contributed by atoms with E-state index in [2.05, 4.69) is 4.98 Å². The van der Waals surface area contributed by atoms with Gasteiger partial charge in [-0.2, -0.15) is 18.4 Å². The maximum absolute atomic E-state index is 14.6. The molecule has 1 N–H and O–H groups in total. The number of phenolic OH excluding ortho intramolecular Hbond substituents is 1. The molecule has 1 aliphatic carbocycles. The molecule has 2 heterocycles. The topological polar surface area (TPSA) is 80.5 Å². The molecule has 0 bridgehead atoms. The Balaban J connectivity index is 1.84. The number of hydrogen-bond acceptors (Lipinski definition) is 5. The first kappa shape index (κ1) is 20.0. The highest BCUT2D eigenvalue weighted by Crippen LogP contribution is 2.48. The van der Waals surface area contributed by atoms with Crippen molar-refractivity contribution in [3.8, 4) is 11.8 Å². The lowest BCUT2D eigenvalue weighted by atomic mass is 9.75. The van der Waals surface area contributed by atoms with Crippen LogP contribution in [-0.4, -0.2) is 26.6 Å². The van der Waals surface area contributed by atoms with Crippen LogP contribution in [0.5, 0.6) is 5.75 Å². The molecule has 4 rings (SSSR count). The second-order valence-corrected chi connectivity index (χ2v) is 7.34. The Kier molecular flexibility index (Phi) is 4.43. The van der Waals surface area contributed by atoms with E-state index in [1.807, 2.05) is 0 Å². The molecule has 2 fully saturated rings. The van der Waals surface area contributed by atoms with Gasteiger partial charge in [0, 0.05) is 6.07 Å². The summed E-state index contributed by atoms with van der Waals surface area (Å²) in [4.78, 5) is 19.0. The number of aromatic nitrogens is 1. The van der Waals surface area contributed by atoms with Crippen LogP contribution in [0.25, 0.3) is 0 Å². The summed E-state index contributed by atoms with van der Waals surface area (Å²) < 4.78 is 54.6. The molecule has 6 nitrogen and oxygen atoms in total. The van der Waals surface area contributed by atoms with Crippen molar-refractivity contribution in [2.45, 2.75) is 31.0 Å². The SMILES string of the molecule is N#Cc1ncc(N2C(=O)C3(CCC3)N(c3ccc(O)cc3F)C2=S)cc1C(F)(F)F. The smallest absolute Gasteiger partial charge is 0.419 e. The molecule has 1 spiro atoms. The number of pyridine rings is 1. The van der Waals surface area contributed by atoms with Crippen molar-refractivity contribution in [2.75, 3.05) is 9.80 Å². The molecule has 1 aliphatic heterocycles. The second-order valence-electron chi connectivity index (χ2n) is 6.98. The quantitative estimate of drug-likeness (QED) is 0.569. The number of amides is 1. The predicted molar refractivity (Wildman–Crippen MR) is 101 cm³/mol. The third-order valence-corrected chi connectivity index (χ3v) is 5.67. The average Bonchev–Trinajstić information content (AvgIpc) is 2.87. The molecule has 1 saturated carbocycles. The summed E-state index contributed by atoms with van der Waals surface area (Å²) in [5.41, 5.74) is -3.67. The van der Waals surface area contributed by atoms with Crippen LogP contribution in [0.3, 0.4) is 0 Å². The molecule has 1 amide bonds. The Morgan fingerprint density at radius 3 is 2.50 bits per heavy atom.